The summed E-state index contributed by atoms with van der Waals surface area (Å²) in [5, 5.41) is 10.9. The second-order valence-corrected chi connectivity index (χ2v) is 4.03. The molecule has 0 fully saturated rings. The summed E-state index contributed by atoms with van der Waals surface area (Å²) in [5.74, 6) is -1.63. The number of carbonyl (C=O) groups is 2. The number of carbonyl (C=O) groups excluding carboxylic acids is 1. The average Bonchev–Trinajstić information content (AvgIpc) is 2.30. The Balaban J connectivity index is 2.58. The summed E-state index contributed by atoms with van der Waals surface area (Å²) in [5.41, 5.74) is 0.254. The standard InChI is InChI=1S/C11H12ClFN2O3/c1-15(5-4-10(16)17)11(18)14-7-2-3-8(12)9(13)6-7/h2-3,6H,4-5H2,1H3,(H,14,18)(H,16,17). The van der Waals surface area contributed by atoms with Gasteiger partial charge in [-0.2, -0.15) is 0 Å². The zero-order valence-electron chi connectivity index (χ0n) is 9.61. The largest absolute Gasteiger partial charge is 0.481 e. The van der Waals surface area contributed by atoms with Crippen LogP contribution in [0.2, 0.25) is 5.02 Å². The number of anilines is 1. The van der Waals surface area contributed by atoms with Crippen LogP contribution >= 0.6 is 11.6 Å². The predicted molar refractivity (Wildman–Crippen MR) is 65.3 cm³/mol. The molecule has 0 aliphatic carbocycles. The lowest BCUT2D eigenvalue weighted by Gasteiger charge is -2.16. The first kappa shape index (κ1) is 14.2. The van der Waals surface area contributed by atoms with E-state index in [9.17, 15) is 14.0 Å². The maximum absolute atomic E-state index is 13.1. The van der Waals surface area contributed by atoms with Crippen LogP contribution in [-0.2, 0) is 4.79 Å². The molecule has 0 bridgehead atoms. The molecule has 1 rings (SSSR count). The smallest absolute Gasteiger partial charge is 0.321 e. The van der Waals surface area contributed by atoms with Crippen LogP contribution in [0.4, 0.5) is 14.9 Å². The summed E-state index contributed by atoms with van der Waals surface area (Å²) in [7, 11) is 1.45. The minimum Gasteiger partial charge on any atom is -0.481 e. The number of nitrogens with zero attached hydrogens (tertiary/aromatic N) is 1. The Morgan fingerprint density at radius 1 is 1.50 bits per heavy atom. The third-order valence-electron chi connectivity index (χ3n) is 2.18. The van der Waals surface area contributed by atoms with Gasteiger partial charge in [-0.1, -0.05) is 11.6 Å². The van der Waals surface area contributed by atoms with E-state index >= 15 is 0 Å². The fraction of sp³-hybridized carbons (Fsp3) is 0.273. The second-order valence-electron chi connectivity index (χ2n) is 3.62. The van der Waals surface area contributed by atoms with E-state index in [1.54, 1.807) is 0 Å². The number of rotatable bonds is 4. The molecule has 0 spiro atoms. The minimum absolute atomic E-state index is 0.0350. The van der Waals surface area contributed by atoms with Crippen LogP contribution in [-0.4, -0.2) is 35.6 Å². The molecule has 5 nitrogen and oxygen atoms in total. The normalized spacial score (nSPS) is 9.94. The van der Waals surface area contributed by atoms with Crippen molar-refractivity contribution in [2.24, 2.45) is 0 Å². The summed E-state index contributed by atoms with van der Waals surface area (Å²) in [6, 6.07) is 3.35. The molecule has 1 aromatic carbocycles. The van der Waals surface area contributed by atoms with E-state index in [2.05, 4.69) is 5.32 Å². The van der Waals surface area contributed by atoms with Gasteiger partial charge in [-0.25, -0.2) is 9.18 Å². The van der Waals surface area contributed by atoms with Crippen molar-refractivity contribution in [2.45, 2.75) is 6.42 Å². The van der Waals surface area contributed by atoms with E-state index in [1.807, 2.05) is 0 Å². The molecule has 0 unspecified atom stereocenters. The Morgan fingerprint density at radius 3 is 2.72 bits per heavy atom. The molecule has 0 aromatic heterocycles. The van der Waals surface area contributed by atoms with Gasteiger partial charge in [0.05, 0.1) is 11.4 Å². The molecular weight excluding hydrogens is 263 g/mol. The Bertz CT molecular complexity index is 468. The molecule has 0 radical (unpaired) electrons. The summed E-state index contributed by atoms with van der Waals surface area (Å²) in [6.07, 6.45) is -0.154. The molecule has 1 aromatic rings. The molecular formula is C11H12ClFN2O3. The number of hydrogen-bond acceptors (Lipinski definition) is 2. The van der Waals surface area contributed by atoms with Gasteiger partial charge in [-0.05, 0) is 18.2 Å². The highest BCUT2D eigenvalue weighted by molar-refractivity contribution is 6.30. The first-order chi connectivity index (χ1) is 8.40. The topological polar surface area (TPSA) is 69.6 Å². The van der Waals surface area contributed by atoms with Crippen molar-refractivity contribution < 1.29 is 19.1 Å². The number of benzene rings is 1. The Hall–Kier alpha value is -1.82. The third-order valence-corrected chi connectivity index (χ3v) is 2.49. The predicted octanol–water partition coefficient (Wildman–Crippen LogP) is 2.42. The molecule has 0 aliphatic heterocycles. The lowest BCUT2D eigenvalue weighted by Crippen LogP contribution is -2.33. The van der Waals surface area contributed by atoms with E-state index in [0.717, 1.165) is 6.07 Å². The van der Waals surface area contributed by atoms with Gasteiger partial charge in [0.1, 0.15) is 5.82 Å². The van der Waals surface area contributed by atoms with E-state index in [4.69, 9.17) is 16.7 Å². The van der Waals surface area contributed by atoms with Crippen LogP contribution in [0.3, 0.4) is 0 Å². The number of carboxylic acids is 1. The second kappa shape index (κ2) is 6.20. The van der Waals surface area contributed by atoms with Crippen molar-refractivity contribution in [2.75, 3.05) is 18.9 Å². The molecule has 7 heteroatoms. The zero-order valence-corrected chi connectivity index (χ0v) is 10.4. The molecule has 0 aliphatic rings. The lowest BCUT2D eigenvalue weighted by atomic mass is 10.3. The monoisotopic (exact) mass is 274 g/mol. The van der Waals surface area contributed by atoms with E-state index in [1.165, 1.54) is 24.1 Å². The van der Waals surface area contributed by atoms with Gasteiger partial charge >= 0.3 is 12.0 Å². The van der Waals surface area contributed by atoms with Crippen molar-refractivity contribution in [3.63, 3.8) is 0 Å². The Kier molecular flexibility index (Phi) is 4.91. The molecule has 98 valence electrons. The number of nitrogens with one attached hydrogen (secondary N) is 1. The van der Waals surface area contributed by atoms with Gasteiger partial charge in [-0.15, -0.1) is 0 Å². The molecule has 0 heterocycles. The van der Waals surface area contributed by atoms with Crippen LogP contribution in [0.1, 0.15) is 6.42 Å². The van der Waals surface area contributed by atoms with Gasteiger partial charge in [0.2, 0.25) is 0 Å². The molecule has 2 N–H and O–H groups in total. The van der Waals surface area contributed by atoms with Crippen LogP contribution in [0, 0.1) is 5.82 Å². The van der Waals surface area contributed by atoms with Crippen LogP contribution in [0.25, 0.3) is 0 Å². The maximum Gasteiger partial charge on any atom is 0.321 e. The van der Waals surface area contributed by atoms with Crippen molar-refractivity contribution in [1.82, 2.24) is 4.90 Å². The average molecular weight is 275 g/mol. The number of hydrogen-bond donors (Lipinski definition) is 2. The highest BCUT2D eigenvalue weighted by Gasteiger charge is 2.11. The third kappa shape index (κ3) is 4.21. The summed E-state index contributed by atoms with van der Waals surface area (Å²) in [6.45, 7) is 0.0667. The zero-order chi connectivity index (χ0) is 13.7. The van der Waals surface area contributed by atoms with Crippen molar-refractivity contribution in [3.8, 4) is 0 Å². The highest BCUT2D eigenvalue weighted by atomic mass is 35.5. The molecule has 0 saturated heterocycles. The van der Waals surface area contributed by atoms with Crippen molar-refractivity contribution in [1.29, 1.82) is 0 Å². The van der Waals surface area contributed by atoms with Crippen molar-refractivity contribution >= 4 is 29.3 Å². The first-order valence-electron chi connectivity index (χ1n) is 5.09. The number of aliphatic carboxylic acids is 1. The number of amides is 2. The van der Waals surface area contributed by atoms with Gasteiger partial charge in [-0.3, -0.25) is 4.79 Å². The summed E-state index contributed by atoms with van der Waals surface area (Å²) in [4.78, 5) is 23.1. The number of halogens is 2. The van der Waals surface area contributed by atoms with Gasteiger partial charge in [0.25, 0.3) is 0 Å². The summed E-state index contributed by atoms with van der Waals surface area (Å²) >= 11 is 5.50. The quantitative estimate of drug-likeness (QED) is 0.886. The van der Waals surface area contributed by atoms with Gasteiger partial charge < -0.3 is 15.3 Å². The lowest BCUT2D eigenvalue weighted by molar-refractivity contribution is -0.137. The summed E-state index contributed by atoms with van der Waals surface area (Å²) < 4.78 is 13.1. The first-order valence-corrected chi connectivity index (χ1v) is 5.47. The maximum atomic E-state index is 13.1. The number of urea groups is 1. The Labute approximate surface area is 108 Å². The van der Waals surface area contributed by atoms with Gasteiger partial charge in [0.15, 0.2) is 0 Å². The van der Waals surface area contributed by atoms with Gasteiger partial charge in [0, 0.05) is 19.3 Å². The van der Waals surface area contributed by atoms with E-state index < -0.39 is 17.8 Å². The molecule has 0 saturated carbocycles. The molecule has 18 heavy (non-hydrogen) atoms. The fourth-order valence-electron chi connectivity index (χ4n) is 1.16. The molecule has 0 atom stereocenters. The minimum atomic E-state index is -0.993. The Morgan fingerprint density at radius 2 is 2.17 bits per heavy atom. The van der Waals surface area contributed by atoms with Crippen LogP contribution < -0.4 is 5.32 Å². The SMILES string of the molecule is CN(CCC(=O)O)C(=O)Nc1ccc(Cl)c(F)c1. The van der Waals surface area contributed by atoms with Crippen LogP contribution in [0.15, 0.2) is 18.2 Å². The van der Waals surface area contributed by atoms with E-state index in [-0.39, 0.29) is 23.7 Å². The molecule has 2 amide bonds. The van der Waals surface area contributed by atoms with Crippen molar-refractivity contribution in [3.05, 3.63) is 29.0 Å². The van der Waals surface area contributed by atoms with E-state index in [0.29, 0.717) is 0 Å². The number of carboxylic acid groups (broad SMARTS) is 1. The van der Waals surface area contributed by atoms with Crippen LogP contribution in [0.5, 0.6) is 0 Å². The fourth-order valence-corrected chi connectivity index (χ4v) is 1.28. The highest BCUT2D eigenvalue weighted by Crippen LogP contribution is 2.18.